The third-order valence-electron chi connectivity index (χ3n) is 9.22. The standard InChI is InChI=1S/C43H26N2S2/c1-2-10-28-23-31(20-17-27(28)9-1)45-38-14-6-8-16-42(38)47-43-25-30(18-21-39(43)45)37-26-34(32-11-3-5-13-36(32)44-37)29-19-22-41-35(24-29)33-12-4-7-15-40(33)46-41/h1-26H. The van der Waals surface area contributed by atoms with E-state index in [4.69, 9.17) is 4.98 Å². The first-order valence-electron chi connectivity index (χ1n) is 15.8. The molecule has 0 bridgehead atoms. The van der Waals surface area contributed by atoms with E-state index in [0.717, 1.165) is 22.5 Å². The van der Waals surface area contributed by atoms with Gasteiger partial charge < -0.3 is 4.90 Å². The normalized spacial score (nSPS) is 12.6. The van der Waals surface area contributed by atoms with Crippen molar-refractivity contribution < 1.29 is 0 Å². The second-order valence-corrected chi connectivity index (χ2v) is 14.2. The molecule has 0 atom stereocenters. The van der Waals surface area contributed by atoms with E-state index in [0.29, 0.717) is 0 Å². The van der Waals surface area contributed by atoms with Gasteiger partial charge in [-0.25, -0.2) is 4.98 Å². The molecule has 7 aromatic carbocycles. The van der Waals surface area contributed by atoms with Crippen LogP contribution in [0.1, 0.15) is 0 Å². The van der Waals surface area contributed by atoms with Crippen LogP contribution in [-0.4, -0.2) is 4.98 Å². The summed E-state index contributed by atoms with van der Waals surface area (Å²) in [5.41, 5.74) is 9.06. The van der Waals surface area contributed by atoms with Crippen LogP contribution >= 0.6 is 23.1 Å². The molecule has 1 aliphatic heterocycles. The molecule has 9 aromatic rings. The Morgan fingerprint density at radius 3 is 2.17 bits per heavy atom. The number of rotatable bonds is 3. The van der Waals surface area contributed by atoms with Crippen LogP contribution in [0.25, 0.3) is 64.2 Å². The zero-order chi connectivity index (χ0) is 30.9. The van der Waals surface area contributed by atoms with Crippen molar-refractivity contribution in [2.75, 3.05) is 4.90 Å². The third-order valence-corrected chi connectivity index (χ3v) is 11.5. The largest absolute Gasteiger partial charge is 0.308 e. The van der Waals surface area contributed by atoms with Crippen LogP contribution in [0.2, 0.25) is 0 Å². The van der Waals surface area contributed by atoms with Crippen molar-refractivity contribution in [1.29, 1.82) is 0 Å². The van der Waals surface area contributed by atoms with Crippen LogP contribution in [0.4, 0.5) is 17.1 Å². The average Bonchev–Trinajstić information content (AvgIpc) is 3.51. The average molecular weight is 635 g/mol. The number of anilines is 3. The minimum atomic E-state index is 0.980. The van der Waals surface area contributed by atoms with Crippen LogP contribution in [0.5, 0.6) is 0 Å². The van der Waals surface area contributed by atoms with Crippen molar-refractivity contribution >= 4 is 82.0 Å². The predicted molar refractivity (Wildman–Crippen MR) is 202 cm³/mol. The second-order valence-electron chi connectivity index (χ2n) is 12.0. The van der Waals surface area contributed by atoms with Gasteiger partial charge in [-0.1, -0.05) is 103 Å². The van der Waals surface area contributed by atoms with Gasteiger partial charge in [-0.2, -0.15) is 0 Å². The lowest BCUT2D eigenvalue weighted by molar-refractivity contribution is 1.17. The maximum atomic E-state index is 5.22. The molecule has 1 aliphatic rings. The third kappa shape index (κ3) is 4.37. The number of aromatic nitrogens is 1. The summed E-state index contributed by atoms with van der Waals surface area (Å²) >= 11 is 3.69. The van der Waals surface area contributed by atoms with Gasteiger partial charge in [-0.3, -0.25) is 0 Å². The molecule has 3 heterocycles. The van der Waals surface area contributed by atoms with Gasteiger partial charge in [0.05, 0.1) is 22.6 Å². The van der Waals surface area contributed by atoms with E-state index in [1.54, 1.807) is 0 Å². The van der Waals surface area contributed by atoms with Gasteiger partial charge in [0.25, 0.3) is 0 Å². The fourth-order valence-electron chi connectivity index (χ4n) is 6.97. The molecule has 10 rings (SSSR count). The van der Waals surface area contributed by atoms with E-state index in [-0.39, 0.29) is 0 Å². The zero-order valence-corrected chi connectivity index (χ0v) is 26.9. The van der Waals surface area contributed by atoms with E-state index >= 15 is 0 Å². The number of para-hydroxylation sites is 2. The number of benzene rings is 7. The topological polar surface area (TPSA) is 16.1 Å². The SMILES string of the molecule is c1ccc2c(c1)Sc1cc(-c3cc(-c4ccc5sc6ccccc6c5c4)c4ccccc4n3)ccc1N2c1ccc2ccccc2c1. The Morgan fingerprint density at radius 1 is 0.468 bits per heavy atom. The summed E-state index contributed by atoms with van der Waals surface area (Å²) in [6, 6.07) is 57.3. The summed E-state index contributed by atoms with van der Waals surface area (Å²) in [6.45, 7) is 0. The van der Waals surface area contributed by atoms with Gasteiger partial charge in [0.1, 0.15) is 0 Å². The number of pyridine rings is 1. The highest BCUT2D eigenvalue weighted by molar-refractivity contribution is 7.99. The highest BCUT2D eigenvalue weighted by Gasteiger charge is 2.25. The number of hydrogen-bond donors (Lipinski definition) is 0. The van der Waals surface area contributed by atoms with Gasteiger partial charge in [0, 0.05) is 46.6 Å². The van der Waals surface area contributed by atoms with Crippen molar-refractivity contribution in [1.82, 2.24) is 4.98 Å². The van der Waals surface area contributed by atoms with Gasteiger partial charge in [0.2, 0.25) is 0 Å². The molecular weight excluding hydrogens is 609 g/mol. The summed E-state index contributed by atoms with van der Waals surface area (Å²) < 4.78 is 2.64. The minimum Gasteiger partial charge on any atom is -0.308 e. The molecule has 0 amide bonds. The fraction of sp³-hybridized carbons (Fsp3) is 0. The van der Waals surface area contributed by atoms with Crippen molar-refractivity contribution in [2.24, 2.45) is 0 Å². The Kier molecular flexibility index (Phi) is 6.01. The highest BCUT2D eigenvalue weighted by atomic mass is 32.2. The number of fused-ring (bicyclic) bond motifs is 7. The van der Waals surface area contributed by atoms with E-state index in [2.05, 4.69) is 163 Å². The lowest BCUT2D eigenvalue weighted by atomic mass is 9.97. The molecule has 0 N–H and O–H groups in total. The maximum absolute atomic E-state index is 5.22. The van der Waals surface area contributed by atoms with Crippen LogP contribution in [-0.2, 0) is 0 Å². The summed E-state index contributed by atoms with van der Waals surface area (Å²) in [6.07, 6.45) is 0. The van der Waals surface area contributed by atoms with E-state index in [1.807, 2.05) is 23.1 Å². The van der Waals surface area contributed by atoms with Gasteiger partial charge in [0.15, 0.2) is 0 Å². The summed E-state index contributed by atoms with van der Waals surface area (Å²) in [5.74, 6) is 0. The molecule has 0 aliphatic carbocycles. The van der Waals surface area contributed by atoms with E-state index < -0.39 is 0 Å². The number of thiophene rings is 1. The number of hydrogen-bond acceptors (Lipinski definition) is 4. The Bertz CT molecular complexity index is 2690. The summed E-state index contributed by atoms with van der Waals surface area (Å²) in [5, 5.41) is 6.27. The maximum Gasteiger partial charge on any atom is 0.0716 e. The molecule has 220 valence electrons. The smallest absolute Gasteiger partial charge is 0.0716 e. The van der Waals surface area contributed by atoms with Gasteiger partial charge >= 0.3 is 0 Å². The lowest BCUT2D eigenvalue weighted by Gasteiger charge is -2.33. The van der Waals surface area contributed by atoms with E-state index in [9.17, 15) is 0 Å². The number of nitrogens with zero attached hydrogens (tertiary/aromatic N) is 2. The van der Waals surface area contributed by atoms with Crippen LogP contribution < -0.4 is 4.90 Å². The van der Waals surface area contributed by atoms with Crippen LogP contribution in [0.3, 0.4) is 0 Å². The Morgan fingerprint density at radius 2 is 1.21 bits per heavy atom. The molecule has 0 saturated heterocycles. The first kappa shape index (κ1) is 26.8. The van der Waals surface area contributed by atoms with Crippen molar-refractivity contribution in [3.63, 3.8) is 0 Å². The van der Waals surface area contributed by atoms with Crippen molar-refractivity contribution in [3.05, 3.63) is 158 Å². The molecule has 4 heteroatoms. The summed E-state index contributed by atoms with van der Waals surface area (Å²) in [4.78, 5) is 10.1. The minimum absolute atomic E-state index is 0.980. The van der Waals surface area contributed by atoms with E-state index in [1.165, 1.54) is 68.6 Å². The predicted octanol–water partition coefficient (Wildman–Crippen LogP) is 13.0. The highest BCUT2D eigenvalue weighted by Crippen LogP contribution is 2.52. The molecule has 2 nitrogen and oxygen atoms in total. The summed E-state index contributed by atoms with van der Waals surface area (Å²) in [7, 11) is 0. The Hall–Kier alpha value is -5.42. The quantitative estimate of drug-likeness (QED) is 0.192. The van der Waals surface area contributed by atoms with Gasteiger partial charge in [-0.15, -0.1) is 11.3 Å². The monoisotopic (exact) mass is 634 g/mol. The second kappa shape index (κ2) is 10.6. The van der Waals surface area contributed by atoms with Crippen molar-refractivity contribution in [3.8, 4) is 22.4 Å². The molecule has 47 heavy (non-hydrogen) atoms. The molecule has 0 radical (unpaired) electrons. The molecule has 0 unspecified atom stereocenters. The first-order valence-corrected chi connectivity index (χ1v) is 17.4. The zero-order valence-electron chi connectivity index (χ0n) is 25.2. The molecular formula is C43H26N2S2. The van der Waals surface area contributed by atoms with Crippen LogP contribution in [0, 0.1) is 0 Å². The molecule has 0 spiro atoms. The first-order chi connectivity index (χ1) is 23.3. The molecule has 0 fully saturated rings. The molecule has 0 saturated carbocycles. The Labute approximate surface area is 280 Å². The Balaban J connectivity index is 1.13. The van der Waals surface area contributed by atoms with Crippen molar-refractivity contribution in [2.45, 2.75) is 9.79 Å². The lowest BCUT2D eigenvalue weighted by Crippen LogP contribution is -2.14. The van der Waals surface area contributed by atoms with Crippen LogP contribution in [0.15, 0.2) is 168 Å². The molecule has 2 aromatic heterocycles. The van der Waals surface area contributed by atoms with Gasteiger partial charge in [-0.05, 0) is 88.6 Å². The fourth-order valence-corrected chi connectivity index (χ4v) is 9.15.